The van der Waals surface area contributed by atoms with Gasteiger partial charge in [0.2, 0.25) is 5.91 Å². The highest BCUT2D eigenvalue weighted by molar-refractivity contribution is 5.86. The van der Waals surface area contributed by atoms with E-state index in [9.17, 15) is 4.79 Å². The van der Waals surface area contributed by atoms with Crippen LogP contribution in [0.15, 0.2) is 4.99 Å². The minimum atomic E-state index is -0.207. The van der Waals surface area contributed by atoms with E-state index in [-0.39, 0.29) is 18.0 Å². The van der Waals surface area contributed by atoms with Gasteiger partial charge in [-0.25, -0.2) is 0 Å². The highest BCUT2D eigenvalue weighted by atomic mass is 16.5. The molecule has 2 aliphatic heterocycles. The molecule has 1 amide bonds. The fourth-order valence-corrected chi connectivity index (χ4v) is 3.04. The Labute approximate surface area is 127 Å². The summed E-state index contributed by atoms with van der Waals surface area (Å²) in [6, 6.07) is 0. The number of nitrogens with one attached hydrogen (secondary N) is 2. The van der Waals surface area contributed by atoms with Crippen LogP contribution >= 0.6 is 0 Å². The molecule has 120 valence electrons. The van der Waals surface area contributed by atoms with Gasteiger partial charge in [-0.3, -0.25) is 9.79 Å². The van der Waals surface area contributed by atoms with Crippen LogP contribution in [0.2, 0.25) is 0 Å². The summed E-state index contributed by atoms with van der Waals surface area (Å²) < 4.78 is 5.55. The normalized spacial score (nSPS) is 26.5. The highest BCUT2D eigenvalue weighted by Gasteiger charge is 2.42. The zero-order chi connectivity index (χ0) is 15.5. The molecule has 0 aromatic heterocycles. The van der Waals surface area contributed by atoms with E-state index in [1.807, 2.05) is 20.8 Å². The molecule has 1 unspecified atom stereocenters. The first-order valence-electron chi connectivity index (χ1n) is 7.68. The van der Waals surface area contributed by atoms with Crippen molar-refractivity contribution in [3.63, 3.8) is 0 Å². The number of carbonyl (C=O) groups is 1. The lowest BCUT2D eigenvalue weighted by molar-refractivity contribution is -0.121. The molecule has 0 saturated carbocycles. The van der Waals surface area contributed by atoms with Gasteiger partial charge < -0.3 is 20.3 Å². The number of carbonyl (C=O) groups excluding carboxylic acids is 1. The third-order valence-electron chi connectivity index (χ3n) is 4.06. The molecule has 0 aromatic carbocycles. The van der Waals surface area contributed by atoms with Crippen LogP contribution in [-0.4, -0.2) is 62.2 Å². The van der Waals surface area contributed by atoms with Gasteiger partial charge in [0.1, 0.15) is 0 Å². The summed E-state index contributed by atoms with van der Waals surface area (Å²) in [6.45, 7) is 9.85. The topological polar surface area (TPSA) is 66.0 Å². The van der Waals surface area contributed by atoms with E-state index in [1.54, 1.807) is 7.05 Å². The second-order valence-electron chi connectivity index (χ2n) is 7.17. The summed E-state index contributed by atoms with van der Waals surface area (Å²) in [5.41, 5.74) is 0.0897. The van der Waals surface area contributed by atoms with Gasteiger partial charge >= 0.3 is 0 Å². The van der Waals surface area contributed by atoms with Crippen molar-refractivity contribution in [2.75, 3.05) is 39.9 Å². The average molecular weight is 296 g/mol. The number of hydrogen-bond acceptors (Lipinski definition) is 3. The van der Waals surface area contributed by atoms with Gasteiger partial charge in [0, 0.05) is 37.7 Å². The van der Waals surface area contributed by atoms with Gasteiger partial charge in [-0.05, 0) is 33.6 Å². The molecule has 0 aliphatic carbocycles. The summed E-state index contributed by atoms with van der Waals surface area (Å²) in [5, 5.41) is 6.11. The first-order valence-corrected chi connectivity index (χ1v) is 7.68. The Hall–Kier alpha value is -1.30. The van der Waals surface area contributed by atoms with Crippen LogP contribution in [0.5, 0.6) is 0 Å². The van der Waals surface area contributed by atoms with Crippen LogP contribution < -0.4 is 10.6 Å². The van der Waals surface area contributed by atoms with Crippen molar-refractivity contribution in [3.8, 4) is 0 Å². The van der Waals surface area contributed by atoms with Gasteiger partial charge in [0.15, 0.2) is 5.96 Å². The Morgan fingerprint density at radius 2 is 2.14 bits per heavy atom. The molecule has 2 saturated heterocycles. The molecule has 21 heavy (non-hydrogen) atoms. The van der Waals surface area contributed by atoms with Crippen molar-refractivity contribution < 1.29 is 9.53 Å². The van der Waals surface area contributed by atoms with Crippen LogP contribution in [0, 0.1) is 5.41 Å². The lowest BCUT2D eigenvalue weighted by Gasteiger charge is -2.25. The maximum absolute atomic E-state index is 11.9. The first-order chi connectivity index (χ1) is 9.84. The van der Waals surface area contributed by atoms with Crippen molar-refractivity contribution in [1.29, 1.82) is 0 Å². The van der Waals surface area contributed by atoms with Gasteiger partial charge in [0.05, 0.1) is 13.2 Å². The number of aliphatic imine (C=N–C) groups is 1. The largest absolute Gasteiger partial charge is 0.381 e. The molecule has 6 nitrogen and oxygen atoms in total. The number of hydrogen-bond donors (Lipinski definition) is 2. The highest BCUT2D eigenvalue weighted by Crippen LogP contribution is 2.38. The third kappa shape index (κ3) is 4.33. The summed E-state index contributed by atoms with van der Waals surface area (Å²) in [6.07, 6.45) is 2.27. The van der Waals surface area contributed by atoms with Gasteiger partial charge in [-0.1, -0.05) is 0 Å². The summed E-state index contributed by atoms with van der Waals surface area (Å²) >= 11 is 0. The number of likely N-dealkylation sites (tertiary alicyclic amines) is 1. The summed E-state index contributed by atoms with van der Waals surface area (Å²) in [5.74, 6) is 0.796. The standard InChI is InChI=1S/C15H28N4O2/c1-14(2,3)18-12(20)9-17-13(16-4)19-7-5-15(10-19)6-8-21-11-15/h5-11H2,1-4H3,(H,16,17)(H,18,20). The average Bonchev–Trinajstić information content (AvgIpc) is 2.99. The Balaban J connectivity index is 1.83. The molecule has 0 bridgehead atoms. The van der Waals surface area contributed by atoms with Crippen LogP contribution in [-0.2, 0) is 9.53 Å². The molecule has 2 fully saturated rings. The van der Waals surface area contributed by atoms with Crippen LogP contribution in [0.1, 0.15) is 33.6 Å². The van der Waals surface area contributed by atoms with E-state index in [0.29, 0.717) is 5.41 Å². The van der Waals surface area contributed by atoms with Crippen molar-refractivity contribution in [2.24, 2.45) is 10.4 Å². The fourth-order valence-electron chi connectivity index (χ4n) is 3.04. The predicted molar refractivity (Wildman–Crippen MR) is 83.3 cm³/mol. The molecule has 1 spiro atoms. The van der Waals surface area contributed by atoms with Crippen molar-refractivity contribution in [2.45, 2.75) is 39.2 Å². The van der Waals surface area contributed by atoms with Crippen LogP contribution in [0.3, 0.4) is 0 Å². The minimum Gasteiger partial charge on any atom is -0.381 e. The Morgan fingerprint density at radius 3 is 2.71 bits per heavy atom. The number of amides is 1. The molecule has 6 heteroatoms. The number of rotatable bonds is 2. The molecular weight excluding hydrogens is 268 g/mol. The molecule has 2 aliphatic rings. The van der Waals surface area contributed by atoms with E-state index < -0.39 is 0 Å². The summed E-state index contributed by atoms with van der Waals surface area (Å²) in [7, 11) is 1.76. The Kier molecular flexibility index (Phi) is 4.76. The molecular formula is C15H28N4O2. The Bertz CT molecular complexity index is 408. The quantitative estimate of drug-likeness (QED) is 0.578. The first kappa shape index (κ1) is 16.1. The zero-order valence-electron chi connectivity index (χ0n) is 13.7. The molecule has 0 aromatic rings. The van der Waals surface area contributed by atoms with Crippen molar-refractivity contribution in [1.82, 2.24) is 15.5 Å². The predicted octanol–water partition coefficient (Wildman–Crippen LogP) is 0.589. The second-order valence-corrected chi connectivity index (χ2v) is 7.17. The maximum atomic E-state index is 11.9. The van der Waals surface area contributed by atoms with Crippen LogP contribution in [0.4, 0.5) is 0 Å². The van der Waals surface area contributed by atoms with Gasteiger partial charge in [-0.15, -0.1) is 0 Å². The van der Waals surface area contributed by atoms with E-state index in [1.165, 1.54) is 0 Å². The Morgan fingerprint density at radius 1 is 1.38 bits per heavy atom. The van der Waals surface area contributed by atoms with Gasteiger partial charge in [-0.2, -0.15) is 0 Å². The van der Waals surface area contributed by atoms with Gasteiger partial charge in [0.25, 0.3) is 0 Å². The molecule has 2 heterocycles. The van der Waals surface area contributed by atoms with E-state index in [4.69, 9.17) is 4.74 Å². The molecule has 0 radical (unpaired) electrons. The number of nitrogens with zero attached hydrogens (tertiary/aromatic N) is 2. The maximum Gasteiger partial charge on any atom is 0.239 e. The number of ether oxygens (including phenoxy) is 1. The SMILES string of the molecule is CN=C(NCC(=O)NC(C)(C)C)N1CCC2(CCOC2)C1. The summed E-state index contributed by atoms with van der Waals surface area (Å²) in [4.78, 5) is 18.4. The third-order valence-corrected chi connectivity index (χ3v) is 4.06. The van der Waals surface area contributed by atoms with Crippen LogP contribution in [0.25, 0.3) is 0 Å². The molecule has 2 N–H and O–H groups in total. The lowest BCUT2D eigenvalue weighted by Crippen LogP contribution is -2.49. The minimum absolute atomic E-state index is 0.0123. The lowest BCUT2D eigenvalue weighted by atomic mass is 9.87. The zero-order valence-corrected chi connectivity index (χ0v) is 13.7. The monoisotopic (exact) mass is 296 g/mol. The molecule has 1 atom stereocenters. The number of guanidine groups is 1. The second kappa shape index (κ2) is 6.22. The van der Waals surface area contributed by atoms with E-state index in [0.717, 1.165) is 45.1 Å². The van der Waals surface area contributed by atoms with E-state index >= 15 is 0 Å². The fraction of sp³-hybridized carbons (Fsp3) is 0.867. The van der Waals surface area contributed by atoms with Crippen molar-refractivity contribution >= 4 is 11.9 Å². The molecule has 2 rings (SSSR count). The van der Waals surface area contributed by atoms with E-state index in [2.05, 4.69) is 20.5 Å². The smallest absolute Gasteiger partial charge is 0.239 e. The van der Waals surface area contributed by atoms with Crippen molar-refractivity contribution in [3.05, 3.63) is 0 Å².